The molecular weight excluding hydrogens is 464 g/mol. The van der Waals surface area contributed by atoms with Crippen molar-refractivity contribution in [3.8, 4) is 5.75 Å². The van der Waals surface area contributed by atoms with Gasteiger partial charge in [-0.15, -0.1) is 0 Å². The molecule has 4 N–H and O–H groups in total. The van der Waals surface area contributed by atoms with Crippen LogP contribution in [0, 0.1) is 13.8 Å². The SMILES string of the molecule is COc1ccc2c(CCN(Cc3c(C)c[nH]c3C)C3CCc4cc(/C=C/C(=O)NO)ccc43)c[nH]c2c1. The van der Waals surface area contributed by atoms with Crippen LogP contribution in [0.25, 0.3) is 17.0 Å². The largest absolute Gasteiger partial charge is 0.497 e. The minimum Gasteiger partial charge on any atom is -0.497 e. The molecule has 0 saturated carbocycles. The highest BCUT2D eigenvalue weighted by Crippen LogP contribution is 2.38. The Balaban J connectivity index is 1.41. The van der Waals surface area contributed by atoms with Crippen molar-refractivity contribution in [3.05, 3.63) is 93.9 Å². The third-order valence-electron chi connectivity index (χ3n) is 7.63. The predicted molar refractivity (Wildman–Crippen MR) is 146 cm³/mol. The number of benzene rings is 2. The van der Waals surface area contributed by atoms with Crippen LogP contribution in [0.5, 0.6) is 5.75 Å². The lowest BCUT2D eigenvalue weighted by Crippen LogP contribution is -2.29. The van der Waals surface area contributed by atoms with Crippen molar-refractivity contribution < 1.29 is 14.7 Å². The van der Waals surface area contributed by atoms with Gasteiger partial charge in [-0.05, 0) is 84.7 Å². The molecule has 1 amide bonds. The third kappa shape index (κ3) is 5.19. The number of aromatic nitrogens is 2. The molecule has 2 aromatic heterocycles. The van der Waals surface area contributed by atoms with E-state index < -0.39 is 5.91 Å². The number of methoxy groups -OCH3 is 1. The average Bonchev–Trinajstić information content (AvgIpc) is 3.61. The van der Waals surface area contributed by atoms with Crippen LogP contribution < -0.4 is 10.2 Å². The fraction of sp³-hybridized carbons (Fsp3) is 0.300. The highest BCUT2D eigenvalue weighted by molar-refractivity contribution is 5.90. The molecule has 0 bridgehead atoms. The number of carbonyl (C=O) groups is 1. The molecule has 2 heterocycles. The van der Waals surface area contributed by atoms with E-state index >= 15 is 0 Å². The van der Waals surface area contributed by atoms with Crippen molar-refractivity contribution in [1.29, 1.82) is 0 Å². The number of ether oxygens (including phenoxy) is 1. The Bertz CT molecular complexity index is 1430. The summed E-state index contributed by atoms with van der Waals surface area (Å²) in [5, 5.41) is 9.98. The van der Waals surface area contributed by atoms with Crippen molar-refractivity contribution in [1.82, 2.24) is 20.3 Å². The molecule has 37 heavy (non-hydrogen) atoms. The van der Waals surface area contributed by atoms with Gasteiger partial charge in [0.25, 0.3) is 5.91 Å². The molecule has 0 saturated heterocycles. The van der Waals surface area contributed by atoms with Crippen LogP contribution in [0.4, 0.5) is 0 Å². The van der Waals surface area contributed by atoms with E-state index in [4.69, 9.17) is 9.94 Å². The van der Waals surface area contributed by atoms with Gasteiger partial charge in [0.15, 0.2) is 0 Å². The average molecular weight is 499 g/mol. The Morgan fingerprint density at radius 3 is 2.81 bits per heavy atom. The molecule has 1 atom stereocenters. The zero-order valence-corrected chi connectivity index (χ0v) is 21.6. The maximum absolute atomic E-state index is 11.4. The number of hydrogen-bond donors (Lipinski definition) is 4. The van der Waals surface area contributed by atoms with E-state index in [0.29, 0.717) is 6.04 Å². The first-order chi connectivity index (χ1) is 18.0. The zero-order chi connectivity index (χ0) is 25.9. The number of fused-ring (bicyclic) bond motifs is 2. The van der Waals surface area contributed by atoms with Crippen LogP contribution in [-0.4, -0.2) is 39.6 Å². The van der Waals surface area contributed by atoms with Crippen LogP contribution in [-0.2, 0) is 24.2 Å². The van der Waals surface area contributed by atoms with E-state index in [9.17, 15) is 4.79 Å². The van der Waals surface area contributed by atoms with E-state index in [-0.39, 0.29) is 0 Å². The summed E-state index contributed by atoms with van der Waals surface area (Å²) in [6.07, 6.45) is 10.3. The zero-order valence-electron chi connectivity index (χ0n) is 21.6. The summed E-state index contributed by atoms with van der Waals surface area (Å²) >= 11 is 0. The molecule has 2 aromatic carbocycles. The Kier molecular flexibility index (Phi) is 7.17. The molecule has 4 aromatic rings. The highest BCUT2D eigenvalue weighted by atomic mass is 16.5. The van der Waals surface area contributed by atoms with E-state index in [2.05, 4.69) is 65.4 Å². The standard InChI is InChI=1S/C30H34N4O3/c1-19-16-31-20(2)27(19)18-34(13-12-23-17-32-28-15-24(37-3)7-9-25(23)28)29-10-6-22-14-21(4-8-26(22)29)5-11-30(35)33-36/h4-5,7-9,11,14-17,29,31-32,36H,6,10,12-13,18H2,1-3H3,(H,33,35)/b11-5+. The number of hydroxylamine groups is 1. The number of H-pyrrole nitrogens is 2. The van der Waals surface area contributed by atoms with Crippen molar-refractivity contribution in [3.63, 3.8) is 0 Å². The molecule has 1 aliphatic carbocycles. The summed E-state index contributed by atoms with van der Waals surface area (Å²) in [6, 6.07) is 12.9. The number of nitrogens with one attached hydrogen (secondary N) is 3. The smallest absolute Gasteiger partial charge is 0.267 e. The third-order valence-corrected chi connectivity index (χ3v) is 7.63. The van der Waals surface area contributed by atoms with Crippen LogP contribution in [0.2, 0.25) is 0 Å². The molecule has 0 fully saturated rings. The van der Waals surface area contributed by atoms with E-state index in [0.717, 1.165) is 49.2 Å². The van der Waals surface area contributed by atoms with Crippen molar-refractivity contribution in [2.45, 2.75) is 45.7 Å². The molecule has 7 heteroatoms. The summed E-state index contributed by atoms with van der Waals surface area (Å²) in [6.45, 7) is 6.15. The van der Waals surface area contributed by atoms with Gasteiger partial charge in [0.2, 0.25) is 0 Å². The molecule has 1 aliphatic rings. The van der Waals surface area contributed by atoms with Gasteiger partial charge in [0.05, 0.1) is 7.11 Å². The normalized spacial score (nSPS) is 15.1. The molecule has 192 valence electrons. The number of aromatic amines is 2. The van der Waals surface area contributed by atoms with E-state index in [1.807, 2.05) is 12.1 Å². The van der Waals surface area contributed by atoms with Gasteiger partial charge in [-0.2, -0.15) is 0 Å². The van der Waals surface area contributed by atoms with Crippen LogP contribution >= 0.6 is 0 Å². The van der Waals surface area contributed by atoms with E-state index in [1.54, 1.807) is 18.7 Å². The minimum absolute atomic E-state index is 0.327. The second kappa shape index (κ2) is 10.7. The van der Waals surface area contributed by atoms with Gasteiger partial charge < -0.3 is 14.7 Å². The number of aryl methyl sites for hydroxylation is 3. The molecule has 5 rings (SSSR count). The maximum Gasteiger partial charge on any atom is 0.267 e. The number of carbonyl (C=O) groups excluding carboxylic acids is 1. The van der Waals surface area contributed by atoms with Gasteiger partial charge in [0, 0.05) is 60.3 Å². The van der Waals surface area contributed by atoms with Gasteiger partial charge in [-0.25, -0.2) is 5.48 Å². The quantitative estimate of drug-likeness (QED) is 0.142. The summed E-state index contributed by atoms with van der Waals surface area (Å²) in [4.78, 5) is 20.8. The van der Waals surface area contributed by atoms with Crippen molar-refractivity contribution in [2.24, 2.45) is 0 Å². The summed E-state index contributed by atoms with van der Waals surface area (Å²) < 4.78 is 5.39. The fourth-order valence-electron chi connectivity index (χ4n) is 5.55. The van der Waals surface area contributed by atoms with Crippen LogP contribution in [0.15, 0.2) is 54.9 Å². The highest BCUT2D eigenvalue weighted by Gasteiger charge is 2.29. The molecule has 0 aliphatic heterocycles. The Hall–Kier alpha value is -3.81. The van der Waals surface area contributed by atoms with Gasteiger partial charge in [-0.1, -0.05) is 18.2 Å². The topological polar surface area (TPSA) is 93.4 Å². The number of amides is 1. The fourth-order valence-corrected chi connectivity index (χ4v) is 5.55. The maximum atomic E-state index is 11.4. The first-order valence-corrected chi connectivity index (χ1v) is 12.7. The Morgan fingerprint density at radius 2 is 2.05 bits per heavy atom. The van der Waals surface area contributed by atoms with Crippen molar-refractivity contribution in [2.75, 3.05) is 13.7 Å². The van der Waals surface area contributed by atoms with Gasteiger partial charge in [-0.3, -0.25) is 14.9 Å². The summed E-state index contributed by atoms with van der Waals surface area (Å²) in [7, 11) is 1.69. The first kappa shape index (κ1) is 24.9. The molecule has 1 unspecified atom stereocenters. The van der Waals surface area contributed by atoms with Crippen molar-refractivity contribution >= 4 is 22.9 Å². The monoisotopic (exact) mass is 498 g/mol. The lowest BCUT2D eigenvalue weighted by Gasteiger charge is -2.30. The van der Waals surface area contributed by atoms with Crippen LogP contribution in [0.3, 0.4) is 0 Å². The second-order valence-electron chi connectivity index (χ2n) is 9.84. The lowest BCUT2D eigenvalue weighted by molar-refractivity contribution is -0.124. The number of rotatable bonds is 9. The Morgan fingerprint density at radius 1 is 1.19 bits per heavy atom. The Labute approximate surface area is 217 Å². The second-order valence-corrected chi connectivity index (χ2v) is 9.84. The number of nitrogens with zero attached hydrogens (tertiary/aromatic N) is 1. The van der Waals surface area contributed by atoms with Gasteiger partial charge in [0.1, 0.15) is 5.75 Å². The molecule has 0 spiro atoms. The van der Waals surface area contributed by atoms with Gasteiger partial charge >= 0.3 is 0 Å². The molecule has 0 radical (unpaired) electrons. The first-order valence-electron chi connectivity index (χ1n) is 12.7. The lowest BCUT2D eigenvalue weighted by atomic mass is 10.0. The summed E-state index contributed by atoms with van der Waals surface area (Å²) in [5.41, 5.74) is 11.6. The minimum atomic E-state index is -0.530. The summed E-state index contributed by atoms with van der Waals surface area (Å²) in [5.74, 6) is 0.326. The molecular formula is C30H34N4O3. The molecule has 7 nitrogen and oxygen atoms in total. The number of hydrogen-bond acceptors (Lipinski definition) is 4. The van der Waals surface area contributed by atoms with Crippen LogP contribution in [0.1, 0.15) is 51.5 Å². The predicted octanol–water partition coefficient (Wildman–Crippen LogP) is 5.37. The van der Waals surface area contributed by atoms with E-state index in [1.165, 1.54) is 45.0 Å².